The first-order chi connectivity index (χ1) is 13.8. The fourth-order valence-electron chi connectivity index (χ4n) is 2.29. The molecule has 2 rings (SSSR count). The summed E-state index contributed by atoms with van der Waals surface area (Å²) in [7, 11) is 0. The number of primary amides is 1. The summed E-state index contributed by atoms with van der Waals surface area (Å²) in [5.74, 6) is -1.32. The van der Waals surface area contributed by atoms with Gasteiger partial charge in [0.1, 0.15) is 23.0 Å². The fraction of sp³-hybridized carbons (Fsp3) is 0.389. The third-order valence-electron chi connectivity index (χ3n) is 3.71. The molecule has 8 nitrogen and oxygen atoms in total. The number of nitrogens with one attached hydrogen (secondary N) is 3. The van der Waals surface area contributed by atoms with Gasteiger partial charge < -0.3 is 21.1 Å². The number of rotatable bonds is 10. The van der Waals surface area contributed by atoms with Gasteiger partial charge >= 0.3 is 6.03 Å². The van der Waals surface area contributed by atoms with Crippen molar-refractivity contribution < 1.29 is 18.7 Å². The van der Waals surface area contributed by atoms with Gasteiger partial charge in [-0.05, 0) is 36.6 Å². The molecular formula is C18H23BrFN5O3S. The number of nitrogens with two attached hydrogens (primary N) is 1. The molecule has 0 unspecified atom stereocenters. The number of benzene rings is 1. The van der Waals surface area contributed by atoms with Gasteiger partial charge in [-0.15, -0.1) is 0 Å². The summed E-state index contributed by atoms with van der Waals surface area (Å²) >= 11 is 4.04. The molecule has 11 heteroatoms. The molecule has 158 valence electrons. The van der Waals surface area contributed by atoms with Gasteiger partial charge in [0, 0.05) is 22.6 Å². The molecule has 2 aromatic rings. The van der Waals surface area contributed by atoms with E-state index in [1.807, 2.05) is 13.8 Å². The first kappa shape index (κ1) is 23.0. The van der Waals surface area contributed by atoms with Crippen molar-refractivity contribution in [1.82, 2.24) is 15.0 Å². The molecule has 0 radical (unpaired) electrons. The van der Waals surface area contributed by atoms with Crippen LogP contribution in [-0.2, 0) is 6.61 Å². The summed E-state index contributed by atoms with van der Waals surface area (Å²) in [6.07, 6.45) is 0.754. The summed E-state index contributed by atoms with van der Waals surface area (Å²) in [5, 5.41) is 8.66. The van der Waals surface area contributed by atoms with Crippen molar-refractivity contribution >= 4 is 44.4 Å². The lowest BCUT2D eigenvalue weighted by molar-refractivity contribution is 0.0996. The van der Waals surface area contributed by atoms with Crippen molar-refractivity contribution in [2.75, 3.05) is 18.4 Å². The van der Waals surface area contributed by atoms with E-state index in [2.05, 4.69) is 36.3 Å². The van der Waals surface area contributed by atoms with E-state index < -0.39 is 17.8 Å². The molecule has 0 aliphatic carbocycles. The summed E-state index contributed by atoms with van der Waals surface area (Å²) in [4.78, 5) is 23.9. The lowest BCUT2D eigenvalue weighted by Gasteiger charge is -2.09. The van der Waals surface area contributed by atoms with E-state index in [0.717, 1.165) is 24.5 Å². The van der Waals surface area contributed by atoms with Gasteiger partial charge in [0.25, 0.3) is 5.91 Å². The van der Waals surface area contributed by atoms with E-state index in [-0.39, 0.29) is 23.1 Å². The van der Waals surface area contributed by atoms with Crippen LogP contribution in [0.4, 0.5) is 14.2 Å². The van der Waals surface area contributed by atoms with Crippen LogP contribution in [0.5, 0.6) is 5.88 Å². The van der Waals surface area contributed by atoms with E-state index in [1.165, 1.54) is 6.07 Å². The maximum atomic E-state index is 13.9. The van der Waals surface area contributed by atoms with Crippen LogP contribution in [0.25, 0.3) is 0 Å². The van der Waals surface area contributed by atoms with Crippen LogP contribution in [0, 0.1) is 5.82 Å². The largest absolute Gasteiger partial charge is 0.471 e. The standard InChI is InChI=1S/C18H23BrFN5O3S/c1-10(2)22-6-3-7-23-18(27)24-17-14(15(21)26)16(25-29-17)28-9-11-4-5-12(19)8-13(11)20/h4-5,8,10,22H,3,6-7,9H2,1-2H3,(H2,21,26)(H2,23,24,27). The predicted octanol–water partition coefficient (Wildman–Crippen LogP) is 3.23. The minimum absolute atomic E-state index is 0.0517. The van der Waals surface area contributed by atoms with E-state index in [1.54, 1.807) is 12.1 Å². The van der Waals surface area contributed by atoms with Crippen LogP contribution < -0.4 is 26.4 Å². The number of carbonyl (C=O) groups excluding carboxylic acids is 2. The number of hydrogen-bond donors (Lipinski definition) is 4. The number of halogens is 2. The quantitative estimate of drug-likeness (QED) is 0.383. The average molecular weight is 488 g/mol. The highest BCUT2D eigenvalue weighted by Gasteiger charge is 2.22. The second-order valence-electron chi connectivity index (χ2n) is 6.42. The molecule has 3 amide bonds. The Balaban J connectivity index is 1.95. The highest BCUT2D eigenvalue weighted by molar-refractivity contribution is 9.10. The van der Waals surface area contributed by atoms with Crippen molar-refractivity contribution in [3.8, 4) is 5.88 Å². The Morgan fingerprint density at radius 1 is 1.34 bits per heavy atom. The average Bonchev–Trinajstić information content (AvgIpc) is 3.03. The number of urea groups is 1. The first-order valence-electron chi connectivity index (χ1n) is 8.92. The normalized spacial score (nSPS) is 10.8. The van der Waals surface area contributed by atoms with Gasteiger partial charge in [-0.3, -0.25) is 10.1 Å². The molecule has 0 bridgehead atoms. The number of aromatic nitrogens is 1. The van der Waals surface area contributed by atoms with Crippen molar-refractivity contribution in [2.24, 2.45) is 5.73 Å². The molecule has 29 heavy (non-hydrogen) atoms. The Morgan fingerprint density at radius 3 is 2.76 bits per heavy atom. The maximum absolute atomic E-state index is 13.9. The zero-order chi connectivity index (χ0) is 21.4. The zero-order valence-electron chi connectivity index (χ0n) is 16.1. The molecule has 0 aliphatic rings. The van der Waals surface area contributed by atoms with Crippen molar-refractivity contribution in [3.63, 3.8) is 0 Å². The minimum Gasteiger partial charge on any atom is -0.471 e. The van der Waals surface area contributed by atoms with Crippen LogP contribution in [0.3, 0.4) is 0 Å². The number of ether oxygens (including phenoxy) is 1. The number of amides is 3. The molecule has 0 atom stereocenters. The van der Waals surface area contributed by atoms with Crippen LogP contribution >= 0.6 is 27.5 Å². The molecule has 0 fully saturated rings. The predicted molar refractivity (Wildman–Crippen MR) is 114 cm³/mol. The molecule has 0 aliphatic heterocycles. The zero-order valence-corrected chi connectivity index (χ0v) is 18.5. The third kappa shape index (κ3) is 7.26. The highest BCUT2D eigenvalue weighted by Crippen LogP contribution is 2.31. The molecule has 1 aromatic heterocycles. The van der Waals surface area contributed by atoms with Crippen LogP contribution in [-0.4, -0.2) is 35.4 Å². The number of carbonyl (C=O) groups is 2. The van der Waals surface area contributed by atoms with Gasteiger partial charge in [0.15, 0.2) is 0 Å². The van der Waals surface area contributed by atoms with Crippen LogP contribution in [0.1, 0.15) is 36.2 Å². The van der Waals surface area contributed by atoms with Gasteiger partial charge in [-0.1, -0.05) is 35.8 Å². The van der Waals surface area contributed by atoms with Crippen molar-refractivity contribution in [3.05, 3.63) is 39.6 Å². The molecular weight excluding hydrogens is 465 g/mol. The Morgan fingerprint density at radius 2 is 2.10 bits per heavy atom. The van der Waals surface area contributed by atoms with Crippen LogP contribution in [0.2, 0.25) is 0 Å². The SMILES string of the molecule is CC(C)NCCCNC(=O)Nc1snc(OCc2ccc(Br)cc2F)c1C(N)=O. The first-order valence-corrected chi connectivity index (χ1v) is 10.5. The monoisotopic (exact) mass is 487 g/mol. The van der Waals surface area contributed by atoms with Gasteiger partial charge in [0.2, 0.25) is 5.88 Å². The number of anilines is 1. The van der Waals surface area contributed by atoms with Crippen LogP contribution in [0.15, 0.2) is 22.7 Å². The topological polar surface area (TPSA) is 118 Å². The Hall–Kier alpha value is -2.24. The fourth-order valence-corrected chi connectivity index (χ4v) is 3.36. The Kier molecular flexibility index (Phi) is 8.80. The van der Waals surface area contributed by atoms with E-state index in [0.29, 0.717) is 22.6 Å². The van der Waals surface area contributed by atoms with Crippen molar-refractivity contribution in [2.45, 2.75) is 32.9 Å². The summed E-state index contributed by atoms with van der Waals surface area (Å²) in [5.41, 5.74) is 5.65. The van der Waals surface area contributed by atoms with E-state index >= 15 is 0 Å². The molecule has 1 aromatic carbocycles. The Bertz CT molecular complexity index is 862. The lowest BCUT2D eigenvalue weighted by atomic mass is 10.2. The van der Waals surface area contributed by atoms with Gasteiger partial charge in [-0.2, -0.15) is 4.37 Å². The number of nitrogens with zero attached hydrogens (tertiary/aromatic N) is 1. The molecule has 0 saturated carbocycles. The molecule has 0 saturated heterocycles. The van der Waals surface area contributed by atoms with E-state index in [9.17, 15) is 14.0 Å². The second-order valence-corrected chi connectivity index (χ2v) is 8.11. The maximum Gasteiger partial charge on any atom is 0.319 e. The summed E-state index contributed by atoms with van der Waals surface area (Å²) in [6.45, 7) is 5.18. The second kappa shape index (κ2) is 11.1. The highest BCUT2D eigenvalue weighted by atomic mass is 79.9. The lowest BCUT2D eigenvalue weighted by Crippen LogP contribution is -2.32. The molecule has 1 heterocycles. The Labute approximate surface area is 180 Å². The van der Waals surface area contributed by atoms with E-state index in [4.69, 9.17) is 10.5 Å². The molecule has 0 spiro atoms. The summed E-state index contributed by atoms with van der Waals surface area (Å²) < 4.78 is 24.0. The smallest absolute Gasteiger partial charge is 0.319 e. The van der Waals surface area contributed by atoms with Crippen molar-refractivity contribution in [1.29, 1.82) is 0 Å². The third-order valence-corrected chi connectivity index (χ3v) is 4.94. The number of hydrogen-bond acceptors (Lipinski definition) is 6. The van der Waals surface area contributed by atoms with Gasteiger partial charge in [0.05, 0.1) is 0 Å². The van der Waals surface area contributed by atoms with Gasteiger partial charge in [-0.25, -0.2) is 9.18 Å². The molecule has 5 N–H and O–H groups in total. The summed E-state index contributed by atoms with van der Waals surface area (Å²) in [6, 6.07) is 4.43. The minimum atomic E-state index is -0.804.